The third-order valence-corrected chi connectivity index (χ3v) is 4.67. The minimum absolute atomic E-state index is 0.0705. The molecule has 2 aromatic rings. The molecule has 0 unspecified atom stereocenters. The molecule has 2 aromatic carbocycles. The second-order valence-corrected chi connectivity index (χ2v) is 6.65. The molecule has 0 aromatic heterocycles. The van der Waals surface area contributed by atoms with Gasteiger partial charge in [0.1, 0.15) is 11.5 Å². The Balaban J connectivity index is 2.11. The van der Waals surface area contributed by atoms with Gasteiger partial charge in [0.25, 0.3) is 0 Å². The third kappa shape index (κ3) is 2.99. The second-order valence-electron chi connectivity index (χ2n) is 5.81. The van der Waals surface area contributed by atoms with Crippen molar-refractivity contribution in [2.75, 3.05) is 5.01 Å². The average molecular weight is 363 g/mol. The lowest BCUT2D eigenvalue weighted by molar-refractivity contribution is -0.111. The highest BCUT2D eigenvalue weighted by Gasteiger charge is 2.38. The van der Waals surface area contributed by atoms with E-state index in [0.29, 0.717) is 21.4 Å². The Kier molecular flexibility index (Phi) is 4.52. The van der Waals surface area contributed by atoms with E-state index in [0.717, 1.165) is 5.56 Å². The Labute approximate surface area is 150 Å². The van der Waals surface area contributed by atoms with Crippen LogP contribution in [0.4, 0.5) is 5.69 Å². The molecular formula is C18H16Cl2N2O2. The summed E-state index contributed by atoms with van der Waals surface area (Å²) in [5.41, 5.74) is 2.12. The number of ketones is 1. The van der Waals surface area contributed by atoms with Crippen molar-refractivity contribution < 1.29 is 9.90 Å². The van der Waals surface area contributed by atoms with Gasteiger partial charge in [-0.2, -0.15) is 5.10 Å². The van der Waals surface area contributed by atoms with Gasteiger partial charge in [0, 0.05) is 17.9 Å². The molecule has 0 spiro atoms. The van der Waals surface area contributed by atoms with Crippen LogP contribution in [-0.2, 0) is 4.79 Å². The van der Waals surface area contributed by atoms with Gasteiger partial charge in [-0.05, 0) is 35.9 Å². The SMILES string of the molecule is CC(=O)C1=NN(c2ccc(Cl)cc2Cl)[C@@H](c2ccc(O)cc2)[C@H]1C. The number of hydrogen-bond acceptors (Lipinski definition) is 4. The van der Waals surface area contributed by atoms with E-state index in [4.69, 9.17) is 23.2 Å². The van der Waals surface area contributed by atoms with Crippen LogP contribution in [-0.4, -0.2) is 16.6 Å². The van der Waals surface area contributed by atoms with Crippen LogP contribution < -0.4 is 5.01 Å². The van der Waals surface area contributed by atoms with Crippen molar-refractivity contribution in [3.8, 4) is 5.75 Å². The molecule has 1 heterocycles. The van der Waals surface area contributed by atoms with Crippen molar-refractivity contribution in [3.05, 3.63) is 58.1 Å². The van der Waals surface area contributed by atoms with Crippen LogP contribution in [0.3, 0.4) is 0 Å². The third-order valence-electron chi connectivity index (χ3n) is 4.14. The molecule has 0 amide bonds. The highest BCUT2D eigenvalue weighted by atomic mass is 35.5. The topological polar surface area (TPSA) is 52.9 Å². The molecule has 3 rings (SSSR count). The van der Waals surface area contributed by atoms with Gasteiger partial charge in [-0.1, -0.05) is 42.3 Å². The number of anilines is 1. The first-order chi connectivity index (χ1) is 11.4. The minimum atomic E-state index is -0.192. The van der Waals surface area contributed by atoms with E-state index < -0.39 is 0 Å². The summed E-state index contributed by atoms with van der Waals surface area (Å²) in [5, 5.41) is 16.8. The maximum Gasteiger partial charge on any atom is 0.176 e. The molecule has 4 nitrogen and oxygen atoms in total. The van der Waals surface area contributed by atoms with Crippen molar-refractivity contribution in [2.45, 2.75) is 19.9 Å². The number of hydrazone groups is 1. The normalized spacial score (nSPS) is 20.2. The van der Waals surface area contributed by atoms with Crippen molar-refractivity contribution in [3.63, 3.8) is 0 Å². The van der Waals surface area contributed by atoms with E-state index in [9.17, 15) is 9.90 Å². The number of phenols is 1. The zero-order valence-electron chi connectivity index (χ0n) is 13.2. The fraction of sp³-hybridized carbons (Fsp3) is 0.222. The molecule has 6 heteroatoms. The van der Waals surface area contributed by atoms with Gasteiger partial charge in [-0.3, -0.25) is 9.80 Å². The van der Waals surface area contributed by atoms with Gasteiger partial charge in [0.2, 0.25) is 0 Å². The number of phenolic OH excluding ortho intramolecular Hbond substituents is 1. The summed E-state index contributed by atoms with van der Waals surface area (Å²) in [6, 6.07) is 11.9. The summed E-state index contributed by atoms with van der Waals surface area (Å²) in [5.74, 6) is 0.00540. The van der Waals surface area contributed by atoms with Crippen LogP contribution in [0.5, 0.6) is 5.75 Å². The molecule has 24 heavy (non-hydrogen) atoms. The first-order valence-electron chi connectivity index (χ1n) is 7.51. The molecule has 0 saturated heterocycles. The van der Waals surface area contributed by atoms with E-state index in [1.54, 1.807) is 35.3 Å². The molecule has 0 aliphatic carbocycles. The quantitative estimate of drug-likeness (QED) is 0.849. The molecule has 0 bridgehead atoms. The smallest absolute Gasteiger partial charge is 0.176 e. The molecule has 1 aliphatic heterocycles. The molecule has 0 radical (unpaired) electrons. The van der Waals surface area contributed by atoms with Crippen LogP contribution in [0, 0.1) is 5.92 Å². The maximum atomic E-state index is 12.0. The van der Waals surface area contributed by atoms with Gasteiger partial charge in [0.15, 0.2) is 5.78 Å². The Morgan fingerprint density at radius 2 is 1.83 bits per heavy atom. The summed E-state index contributed by atoms with van der Waals surface area (Å²) in [7, 11) is 0. The standard InChI is InChI=1S/C18H16Cl2N2O2/c1-10-17(11(2)23)21-22(16-8-5-13(19)9-15(16)20)18(10)12-3-6-14(24)7-4-12/h3-10,18,24H,1-2H3/t10-,18+/m0/s1. The van der Waals surface area contributed by atoms with Crippen LogP contribution >= 0.6 is 23.2 Å². The van der Waals surface area contributed by atoms with Crippen LogP contribution in [0.15, 0.2) is 47.6 Å². The lowest BCUT2D eigenvalue weighted by Gasteiger charge is -2.27. The van der Waals surface area contributed by atoms with Gasteiger partial charge in [-0.15, -0.1) is 0 Å². The van der Waals surface area contributed by atoms with E-state index in [-0.39, 0.29) is 23.5 Å². The fourth-order valence-corrected chi connectivity index (χ4v) is 3.49. The molecule has 1 aliphatic rings. The van der Waals surface area contributed by atoms with Crippen LogP contribution in [0.25, 0.3) is 0 Å². The first kappa shape index (κ1) is 16.8. The van der Waals surface area contributed by atoms with E-state index in [1.807, 2.05) is 19.1 Å². The summed E-state index contributed by atoms with van der Waals surface area (Å²) >= 11 is 12.3. The highest BCUT2D eigenvalue weighted by molar-refractivity contribution is 6.41. The number of carbonyl (C=O) groups is 1. The summed E-state index contributed by atoms with van der Waals surface area (Å²) in [6.45, 7) is 3.47. The molecule has 1 N–H and O–H groups in total. The highest BCUT2D eigenvalue weighted by Crippen LogP contribution is 2.42. The summed E-state index contributed by atoms with van der Waals surface area (Å²) in [4.78, 5) is 12.0. The zero-order valence-corrected chi connectivity index (χ0v) is 14.7. The number of rotatable bonds is 3. The van der Waals surface area contributed by atoms with Gasteiger partial charge < -0.3 is 5.11 Å². The van der Waals surface area contributed by atoms with Crippen LogP contribution in [0.2, 0.25) is 10.0 Å². The molecule has 0 fully saturated rings. The van der Waals surface area contributed by atoms with E-state index in [1.165, 1.54) is 6.92 Å². The van der Waals surface area contributed by atoms with Crippen molar-refractivity contribution >= 4 is 40.4 Å². The lowest BCUT2D eigenvalue weighted by atomic mass is 9.90. The lowest BCUT2D eigenvalue weighted by Crippen LogP contribution is -2.25. The average Bonchev–Trinajstić information content (AvgIpc) is 2.86. The van der Waals surface area contributed by atoms with Gasteiger partial charge in [-0.25, -0.2) is 0 Å². The summed E-state index contributed by atoms with van der Waals surface area (Å²) < 4.78 is 0. The number of aromatic hydroxyl groups is 1. The van der Waals surface area contributed by atoms with Crippen LogP contribution in [0.1, 0.15) is 25.5 Å². The molecule has 0 saturated carbocycles. The number of halogens is 2. The molecular weight excluding hydrogens is 347 g/mol. The number of hydrogen-bond donors (Lipinski definition) is 1. The monoisotopic (exact) mass is 362 g/mol. The molecule has 124 valence electrons. The number of nitrogens with zero attached hydrogens (tertiary/aromatic N) is 2. The fourth-order valence-electron chi connectivity index (χ4n) is 2.99. The Morgan fingerprint density at radius 3 is 2.42 bits per heavy atom. The summed E-state index contributed by atoms with van der Waals surface area (Å²) in [6.07, 6.45) is 0. The minimum Gasteiger partial charge on any atom is -0.508 e. The first-order valence-corrected chi connectivity index (χ1v) is 8.26. The second kappa shape index (κ2) is 6.46. The van der Waals surface area contributed by atoms with Gasteiger partial charge in [0.05, 0.1) is 16.8 Å². The van der Waals surface area contributed by atoms with Crippen molar-refractivity contribution in [1.29, 1.82) is 0 Å². The van der Waals surface area contributed by atoms with Crippen molar-refractivity contribution in [2.24, 2.45) is 11.0 Å². The number of Topliss-reactive ketones (excluding diaryl/α,β-unsaturated/α-hetero) is 1. The predicted molar refractivity (Wildman–Crippen MR) is 97.1 cm³/mol. The maximum absolute atomic E-state index is 12.0. The number of benzene rings is 2. The van der Waals surface area contributed by atoms with E-state index >= 15 is 0 Å². The largest absolute Gasteiger partial charge is 0.508 e. The van der Waals surface area contributed by atoms with Crippen molar-refractivity contribution in [1.82, 2.24) is 0 Å². The zero-order chi connectivity index (χ0) is 17.4. The Morgan fingerprint density at radius 1 is 1.17 bits per heavy atom. The Hall–Kier alpha value is -2.04. The van der Waals surface area contributed by atoms with Gasteiger partial charge >= 0.3 is 0 Å². The Bertz CT molecular complexity index is 818. The molecule has 2 atom stereocenters. The predicted octanol–water partition coefficient (Wildman–Crippen LogP) is 4.84. The number of carbonyl (C=O) groups excluding carboxylic acids is 1. The van der Waals surface area contributed by atoms with E-state index in [2.05, 4.69) is 5.10 Å².